The Bertz CT molecular complexity index is 890. The molecule has 0 saturated heterocycles. The van der Waals surface area contributed by atoms with E-state index in [-0.39, 0.29) is 6.54 Å². The van der Waals surface area contributed by atoms with Crippen LogP contribution in [-0.4, -0.2) is 29.8 Å². The fourth-order valence-corrected chi connectivity index (χ4v) is 2.83. The van der Waals surface area contributed by atoms with Crippen LogP contribution in [0.25, 0.3) is 0 Å². The summed E-state index contributed by atoms with van der Waals surface area (Å²) in [6.45, 7) is 3.28. The van der Waals surface area contributed by atoms with E-state index >= 15 is 0 Å². The summed E-state index contributed by atoms with van der Waals surface area (Å²) in [5.74, 6) is -4.14. The number of nitrogens with zero attached hydrogens (tertiary/aromatic N) is 1. The molecule has 2 amide bonds. The lowest BCUT2D eigenvalue weighted by molar-refractivity contribution is -0.137. The Labute approximate surface area is 170 Å². The minimum Gasteiger partial charge on any atom is -0.340 e. The Balaban J connectivity index is 2.13. The van der Waals surface area contributed by atoms with E-state index in [2.05, 4.69) is 5.32 Å². The molecule has 0 bridgehead atoms. The van der Waals surface area contributed by atoms with Crippen LogP contribution in [0.15, 0.2) is 42.5 Å². The maximum Gasteiger partial charge on any atom is 0.416 e. The molecule has 0 radical (unpaired) electrons. The van der Waals surface area contributed by atoms with Gasteiger partial charge in [0, 0.05) is 13.6 Å². The van der Waals surface area contributed by atoms with Gasteiger partial charge in [0.25, 0.3) is 5.91 Å². The van der Waals surface area contributed by atoms with Crippen molar-refractivity contribution in [3.8, 4) is 0 Å². The van der Waals surface area contributed by atoms with Crippen molar-refractivity contribution in [1.29, 1.82) is 0 Å². The Morgan fingerprint density at radius 1 is 1.00 bits per heavy atom. The van der Waals surface area contributed by atoms with Gasteiger partial charge in [-0.05, 0) is 35.7 Å². The van der Waals surface area contributed by atoms with E-state index in [0.717, 1.165) is 30.3 Å². The number of carbonyl (C=O) groups excluding carboxylic acids is 2. The topological polar surface area (TPSA) is 49.4 Å². The molecule has 0 aliphatic heterocycles. The van der Waals surface area contributed by atoms with Crippen molar-refractivity contribution in [2.45, 2.75) is 32.6 Å². The second-order valence-corrected chi connectivity index (χ2v) is 7.18. The van der Waals surface area contributed by atoms with E-state index in [1.807, 2.05) is 0 Å². The molecular formula is C21H21F5N2O2. The van der Waals surface area contributed by atoms with Crippen LogP contribution in [0.3, 0.4) is 0 Å². The summed E-state index contributed by atoms with van der Waals surface area (Å²) in [5, 5.41) is 2.35. The first-order valence-electron chi connectivity index (χ1n) is 9.07. The monoisotopic (exact) mass is 428 g/mol. The molecule has 0 heterocycles. The van der Waals surface area contributed by atoms with Crippen molar-refractivity contribution in [2.24, 2.45) is 5.92 Å². The summed E-state index contributed by atoms with van der Waals surface area (Å²) in [7, 11) is 1.42. The van der Waals surface area contributed by atoms with Crippen LogP contribution in [0.1, 0.15) is 35.3 Å². The molecule has 2 aromatic rings. The van der Waals surface area contributed by atoms with E-state index in [1.54, 1.807) is 13.8 Å². The van der Waals surface area contributed by atoms with Gasteiger partial charge in [-0.25, -0.2) is 8.78 Å². The molecule has 0 fully saturated rings. The largest absolute Gasteiger partial charge is 0.416 e. The fraction of sp³-hybridized carbons (Fsp3) is 0.333. The summed E-state index contributed by atoms with van der Waals surface area (Å²) in [4.78, 5) is 26.4. The quantitative estimate of drug-likeness (QED) is 0.694. The minimum absolute atomic E-state index is 0.00980. The molecule has 2 rings (SSSR count). The Hall–Kier alpha value is -2.97. The molecule has 30 heavy (non-hydrogen) atoms. The van der Waals surface area contributed by atoms with E-state index in [9.17, 15) is 31.5 Å². The van der Waals surface area contributed by atoms with Crippen LogP contribution in [0.5, 0.6) is 0 Å². The Morgan fingerprint density at radius 3 is 2.00 bits per heavy atom. The van der Waals surface area contributed by atoms with Crippen molar-refractivity contribution < 1.29 is 31.5 Å². The molecule has 0 saturated carbocycles. The van der Waals surface area contributed by atoms with Gasteiger partial charge < -0.3 is 10.2 Å². The molecule has 0 aromatic heterocycles. The molecular weight excluding hydrogens is 407 g/mol. The van der Waals surface area contributed by atoms with E-state index < -0.39 is 52.7 Å². The van der Waals surface area contributed by atoms with Crippen LogP contribution in [0.2, 0.25) is 0 Å². The second-order valence-electron chi connectivity index (χ2n) is 7.18. The highest BCUT2D eigenvalue weighted by atomic mass is 19.4. The van der Waals surface area contributed by atoms with E-state index in [0.29, 0.717) is 5.56 Å². The van der Waals surface area contributed by atoms with E-state index in [4.69, 9.17) is 0 Å². The average molecular weight is 428 g/mol. The molecule has 162 valence electrons. The maximum absolute atomic E-state index is 13.8. The fourth-order valence-electron chi connectivity index (χ4n) is 2.83. The predicted octanol–water partition coefficient (Wildman–Crippen LogP) is 4.40. The highest BCUT2D eigenvalue weighted by molar-refractivity contribution is 5.98. The normalized spacial score (nSPS) is 12.6. The van der Waals surface area contributed by atoms with Crippen molar-refractivity contribution in [3.63, 3.8) is 0 Å². The average Bonchev–Trinajstić information content (AvgIpc) is 2.64. The highest BCUT2D eigenvalue weighted by Crippen LogP contribution is 2.29. The summed E-state index contributed by atoms with van der Waals surface area (Å²) >= 11 is 0. The molecule has 2 aromatic carbocycles. The maximum atomic E-state index is 13.8. The Kier molecular flexibility index (Phi) is 7.17. The standard InChI is InChI=1S/C21H21F5N2O2/c1-12(2)18(27-19(29)17-15(22)5-4-6-16(17)23)20(30)28(3)11-13-7-9-14(10-8-13)21(24,25)26/h4-10,12,18H,11H2,1-3H3,(H,27,29). The number of nitrogens with one attached hydrogen (secondary N) is 1. The van der Waals surface area contributed by atoms with Crippen molar-refractivity contribution in [2.75, 3.05) is 7.05 Å². The zero-order chi connectivity index (χ0) is 22.6. The number of alkyl halides is 3. The van der Waals surface area contributed by atoms with Crippen LogP contribution in [0.4, 0.5) is 22.0 Å². The minimum atomic E-state index is -4.46. The second kappa shape index (κ2) is 9.23. The smallest absolute Gasteiger partial charge is 0.340 e. The van der Waals surface area contributed by atoms with Gasteiger partial charge in [-0.2, -0.15) is 13.2 Å². The number of rotatable bonds is 6. The third-order valence-corrected chi connectivity index (χ3v) is 4.49. The lowest BCUT2D eigenvalue weighted by atomic mass is 10.0. The van der Waals surface area contributed by atoms with Crippen molar-refractivity contribution in [1.82, 2.24) is 10.2 Å². The van der Waals surface area contributed by atoms with Crippen LogP contribution in [0, 0.1) is 17.6 Å². The summed E-state index contributed by atoms with van der Waals surface area (Å²) in [6.07, 6.45) is -4.46. The number of hydrogen-bond donors (Lipinski definition) is 1. The summed E-state index contributed by atoms with van der Waals surface area (Å²) < 4.78 is 65.7. The van der Waals surface area contributed by atoms with Gasteiger partial charge in [-0.3, -0.25) is 9.59 Å². The third-order valence-electron chi connectivity index (χ3n) is 4.49. The van der Waals surface area contributed by atoms with Crippen LogP contribution < -0.4 is 5.32 Å². The van der Waals surface area contributed by atoms with Gasteiger partial charge >= 0.3 is 6.18 Å². The zero-order valence-electron chi connectivity index (χ0n) is 16.6. The molecule has 0 spiro atoms. The van der Waals surface area contributed by atoms with Gasteiger partial charge in [0.05, 0.1) is 5.56 Å². The Morgan fingerprint density at radius 2 is 1.53 bits per heavy atom. The highest BCUT2D eigenvalue weighted by Gasteiger charge is 2.31. The van der Waals surface area contributed by atoms with Gasteiger partial charge in [-0.15, -0.1) is 0 Å². The zero-order valence-corrected chi connectivity index (χ0v) is 16.6. The van der Waals surface area contributed by atoms with Crippen molar-refractivity contribution >= 4 is 11.8 Å². The number of hydrogen-bond acceptors (Lipinski definition) is 2. The van der Waals surface area contributed by atoms with Crippen molar-refractivity contribution in [3.05, 3.63) is 70.8 Å². The molecule has 0 aliphatic rings. The number of carbonyl (C=O) groups is 2. The number of amides is 2. The first kappa shape index (κ1) is 23.3. The molecule has 9 heteroatoms. The summed E-state index contributed by atoms with van der Waals surface area (Å²) in [6, 6.07) is 6.23. The first-order chi connectivity index (χ1) is 13.9. The number of likely N-dealkylation sites (N-methyl/N-ethyl adjacent to an activating group) is 1. The lowest BCUT2D eigenvalue weighted by Crippen LogP contribution is -2.50. The molecule has 1 atom stereocenters. The van der Waals surface area contributed by atoms with Crippen LogP contribution >= 0.6 is 0 Å². The van der Waals surface area contributed by atoms with Gasteiger partial charge in [-0.1, -0.05) is 32.0 Å². The SMILES string of the molecule is CC(C)C(NC(=O)c1c(F)cccc1F)C(=O)N(C)Cc1ccc(C(F)(F)F)cc1. The third kappa shape index (κ3) is 5.55. The first-order valence-corrected chi connectivity index (χ1v) is 9.07. The molecule has 1 unspecified atom stereocenters. The van der Waals surface area contributed by atoms with Gasteiger partial charge in [0.1, 0.15) is 23.2 Å². The number of halogens is 5. The van der Waals surface area contributed by atoms with Crippen LogP contribution in [-0.2, 0) is 17.5 Å². The lowest BCUT2D eigenvalue weighted by Gasteiger charge is -2.27. The number of benzene rings is 2. The molecule has 0 aliphatic carbocycles. The van der Waals surface area contributed by atoms with Gasteiger partial charge in [0.2, 0.25) is 5.91 Å². The predicted molar refractivity (Wildman–Crippen MR) is 100 cm³/mol. The van der Waals surface area contributed by atoms with E-state index in [1.165, 1.54) is 24.1 Å². The molecule has 4 nitrogen and oxygen atoms in total. The molecule has 1 N–H and O–H groups in total. The van der Waals surface area contributed by atoms with Gasteiger partial charge in [0.15, 0.2) is 0 Å². The summed E-state index contributed by atoms with van der Waals surface area (Å²) in [5.41, 5.74) is -1.14.